The Bertz CT molecular complexity index is 346. The molecular weight excluding hydrogens is 241 g/mol. The third-order valence-corrected chi connectivity index (χ3v) is 2.67. The van der Waals surface area contributed by atoms with Gasteiger partial charge in [0.2, 0.25) is 0 Å². The van der Waals surface area contributed by atoms with E-state index in [1.807, 2.05) is 0 Å². The van der Waals surface area contributed by atoms with Crippen molar-refractivity contribution in [3.05, 3.63) is 0 Å². The van der Waals surface area contributed by atoms with Crippen LogP contribution in [-0.4, -0.2) is 32.6 Å². The van der Waals surface area contributed by atoms with Gasteiger partial charge in [-0.15, -0.1) is 0 Å². The summed E-state index contributed by atoms with van der Waals surface area (Å²) in [6.07, 6.45) is -0.707. The number of carbonyl (C=O) groups is 1. The summed E-state index contributed by atoms with van der Waals surface area (Å²) in [5, 5.41) is 0. The highest BCUT2D eigenvalue weighted by molar-refractivity contribution is 7.87. The average Bonchev–Trinajstić information content (AvgIpc) is 2.46. The minimum atomic E-state index is -5.59. The van der Waals surface area contributed by atoms with Crippen molar-refractivity contribution in [2.45, 2.75) is 24.5 Å². The van der Waals surface area contributed by atoms with Gasteiger partial charge in [0.25, 0.3) is 0 Å². The second-order valence-corrected chi connectivity index (χ2v) is 4.44. The lowest BCUT2D eigenvalue weighted by Crippen LogP contribution is -2.29. The zero-order valence-electron chi connectivity index (χ0n) is 7.28. The zero-order chi connectivity index (χ0) is 11.7. The molecule has 0 bridgehead atoms. The van der Waals surface area contributed by atoms with Crippen molar-refractivity contribution >= 4 is 16.1 Å². The molecule has 88 valence electrons. The van der Waals surface area contributed by atoms with Gasteiger partial charge < -0.3 is 4.74 Å². The molecule has 5 nitrogen and oxygen atoms in total. The number of cyclic esters (lactones) is 1. The fraction of sp³-hybridized carbons (Fsp3) is 0.833. The van der Waals surface area contributed by atoms with Crippen molar-refractivity contribution in [1.82, 2.24) is 0 Å². The van der Waals surface area contributed by atoms with E-state index in [9.17, 15) is 26.4 Å². The summed E-state index contributed by atoms with van der Waals surface area (Å²) in [5.74, 6) is -0.576. The van der Waals surface area contributed by atoms with Gasteiger partial charge in [-0.2, -0.15) is 21.6 Å². The van der Waals surface area contributed by atoms with Crippen molar-refractivity contribution in [2.75, 3.05) is 6.61 Å². The van der Waals surface area contributed by atoms with Crippen LogP contribution in [0.3, 0.4) is 0 Å². The van der Waals surface area contributed by atoms with Crippen molar-refractivity contribution in [3.63, 3.8) is 0 Å². The van der Waals surface area contributed by atoms with Crippen LogP contribution in [0.5, 0.6) is 0 Å². The number of alkyl halides is 3. The first kappa shape index (κ1) is 12.2. The highest BCUT2D eigenvalue weighted by Crippen LogP contribution is 2.25. The highest BCUT2D eigenvalue weighted by atomic mass is 32.2. The lowest BCUT2D eigenvalue weighted by Gasteiger charge is -2.11. The summed E-state index contributed by atoms with van der Waals surface area (Å²) >= 11 is 0. The van der Waals surface area contributed by atoms with Gasteiger partial charge >= 0.3 is 21.6 Å². The Kier molecular flexibility index (Phi) is 3.24. The molecule has 1 saturated heterocycles. The molecule has 1 aliphatic rings. The molecule has 0 saturated carbocycles. The molecule has 0 aromatic carbocycles. The molecule has 0 spiro atoms. The van der Waals surface area contributed by atoms with Gasteiger partial charge in [0, 0.05) is 6.42 Å². The van der Waals surface area contributed by atoms with E-state index in [-0.39, 0.29) is 12.8 Å². The summed E-state index contributed by atoms with van der Waals surface area (Å²) in [7, 11) is -5.59. The fourth-order valence-electron chi connectivity index (χ4n) is 0.932. The fourth-order valence-corrected chi connectivity index (χ4v) is 1.40. The first-order valence-corrected chi connectivity index (χ1v) is 5.28. The SMILES string of the molecule is O=C1CC[C@@H](COS(=O)(=O)C(F)(F)F)O1. The number of ether oxygens (including phenoxy) is 1. The third kappa shape index (κ3) is 3.06. The summed E-state index contributed by atoms with van der Waals surface area (Å²) in [6, 6.07) is 0. The van der Waals surface area contributed by atoms with Gasteiger partial charge in [0.05, 0.1) is 0 Å². The summed E-state index contributed by atoms with van der Waals surface area (Å²) in [4.78, 5) is 10.5. The average molecular weight is 248 g/mol. The molecule has 9 heteroatoms. The monoisotopic (exact) mass is 248 g/mol. The number of carbonyl (C=O) groups excluding carboxylic acids is 1. The smallest absolute Gasteiger partial charge is 0.460 e. The van der Waals surface area contributed by atoms with Crippen LogP contribution < -0.4 is 0 Å². The van der Waals surface area contributed by atoms with E-state index >= 15 is 0 Å². The second kappa shape index (κ2) is 3.97. The van der Waals surface area contributed by atoms with E-state index in [2.05, 4.69) is 8.92 Å². The quantitative estimate of drug-likeness (QED) is 0.414. The van der Waals surface area contributed by atoms with Gasteiger partial charge in [-0.25, -0.2) is 0 Å². The molecule has 1 heterocycles. The first-order chi connectivity index (χ1) is 6.72. The summed E-state index contributed by atoms with van der Waals surface area (Å²) < 4.78 is 64.3. The molecule has 1 aliphatic heterocycles. The van der Waals surface area contributed by atoms with Crippen LogP contribution in [0.15, 0.2) is 0 Å². The normalized spacial score (nSPS) is 22.9. The maximum Gasteiger partial charge on any atom is 0.523 e. The Balaban J connectivity index is 2.47. The van der Waals surface area contributed by atoms with E-state index in [1.165, 1.54) is 0 Å². The van der Waals surface area contributed by atoms with E-state index in [4.69, 9.17) is 0 Å². The van der Waals surface area contributed by atoms with Crippen LogP contribution in [0.25, 0.3) is 0 Å². The molecule has 0 amide bonds. The summed E-state index contributed by atoms with van der Waals surface area (Å²) in [5.41, 5.74) is -5.45. The lowest BCUT2D eigenvalue weighted by molar-refractivity contribution is -0.142. The number of rotatable bonds is 3. The van der Waals surface area contributed by atoms with Crippen molar-refractivity contribution in [2.24, 2.45) is 0 Å². The molecule has 1 fully saturated rings. The molecule has 0 N–H and O–H groups in total. The number of hydrogen-bond acceptors (Lipinski definition) is 5. The van der Waals surface area contributed by atoms with Crippen LogP contribution in [0.1, 0.15) is 12.8 Å². The minimum absolute atomic E-state index is 0.0556. The Morgan fingerprint density at radius 3 is 2.47 bits per heavy atom. The van der Waals surface area contributed by atoms with Crippen molar-refractivity contribution < 1.29 is 35.3 Å². The van der Waals surface area contributed by atoms with Crippen LogP contribution in [0, 0.1) is 0 Å². The Hall–Kier alpha value is -0.830. The lowest BCUT2D eigenvalue weighted by atomic mass is 10.2. The number of halogens is 3. The largest absolute Gasteiger partial charge is 0.523 e. The predicted octanol–water partition coefficient (Wildman–Crippen LogP) is 0.558. The topological polar surface area (TPSA) is 69.7 Å². The maximum absolute atomic E-state index is 11.8. The number of hydrogen-bond donors (Lipinski definition) is 0. The molecule has 1 rings (SSSR count). The first-order valence-electron chi connectivity index (χ1n) is 3.87. The van der Waals surface area contributed by atoms with Crippen molar-refractivity contribution in [1.29, 1.82) is 0 Å². The Morgan fingerprint density at radius 1 is 1.47 bits per heavy atom. The van der Waals surface area contributed by atoms with E-state index in [1.54, 1.807) is 0 Å². The van der Waals surface area contributed by atoms with E-state index in [0.29, 0.717) is 0 Å². The third-order valence-electron chi connectivity index (χ3n) is 1.66. The molecule has 0 aromatic heterocycles. The number of esters is 1. The molecular formula is C6H7F3O5S. The Labute approximate surface area is 83.3 Å². The van der Waals surface area contributed by atoms with E-state index < -0.39 is 34.3 Å². The Morgan fingerprint density at radius 2 is 2.07 bits per heavy atom. The van der Waals surface area contributed by atoms with Crippen LogP contribution in [0.4, 0.5) is 13.2 Å². The van der Waals surface area contributed by atoms with Gasteiger partial charge in [-0.1, -0.05) is 0 Å². The van der Waals surface area contributed by atoms with Gasteiger partial charge in [-0.3, -0.25) is 8.98 Å². The summed E-state index contributed by atoms with van der Waals surface area (Å²) in [6.45, 7) is -0.798. The molecule has 0 unspecified atom stereocenters. The van der Waals surface area contributed by atoms with Gasteiger partial charge in [0.15, 0.2) is 0 Å². The highest BCUT2D eigenvalue weighted by Gasteiger charge is 2.47. The molecule has 15 heavy (non-hydrogen) atoms. The minimum Gasteiger partial charge on any atom is -0.460 e. The maximum atomic E-state index is 11.8. The zero-order valence-corrected chi connectivity index (χ0v) is 8.10. The molecule has 0 radical (unpaired) electrons. The molecule has 1 atom stereocenters. The van der Waals surface area contributed by atoms with Gasteiger partial charge in [-0.05, 0) is 6.42 Å². The standard InChI is InChI=1S/C6H7F3O5S/c7-6(8,9)15(11,12)13-3-4-1-2-5(10)14-4/h4H,1-3H2/t4-/m0/s1. The molecule has 0 aliphatic carbocycles. The van der Waals surface area contributed by atoms with Crippen LogP contribution >= 0.6 is 0 Å². The molecule has 0 aromatic rings. The van der Waals surface area contributed by atoms with Crippen molar-refractivity contribution in [3.8, 4) is 0 Å². The second-order valence-electron chi connectivity index (χ2n) is 2.83. The van der Waals surface area contributed by atoms with Crippen LogP contribution in [-0.2, 0) is 23.8 Å². The van der Waals surface area contributed by atoms with Gasteiger partial charge in [0.1, 0.15) is 12.7 Å². The van der Waals surface area contributed by atoms with Crippen LogP contribution in [0.2, 0.25) is 0 Å². The predicted molar refractivity (Wildman–Crippen MR) is 40.0 cm³/mol. The van der Waals surface area contributed by atoms with E-state index in [0.717, 1.165) is 0 Å².